The average Bonchev–Trinajstić information content (AvgIpc) is 2.89. The average molecular weight is 343 g/mol. The number of nitrogens with zero attached hydrogens (tertiary/aromatic N) is 1. The quantitative estimate of drug-likeness (QED) is 0.723. The van der Waals surface area contributed by atoms with Crippen LogP contribution < -0.4 is 0 Å². The fourth-order valence-corrected chi connectivity index (χ4v) is 5.30. The molecule has 4 nitrogen and oxygen atoms in total. The van der Waals surface area contributed by atoms with Gasteiger partial charge in [-0.15, -0.1) is 0 Å². The molecule has 2 aliphatic heterocycles. The Morgan fingerprint density at radius 3 is 2.68 bits per heavy atom. The summed E-state index contributed by atoms with van der Waals surface area (Å²) in [6.45, 7) is 9.38. The molecule has 0 aromatic heterocycles. The number of likely N-dealkylation sites (tertiary alicyclic amines) is 1. The van der Waals surface area contributed by atoms with Crippen LogP contribution in [0.3, 0.4) is 0 Å². The normalized spacial score (nSPS) is 39.4. The van der Waals surface area contributed by atoms with Crippen LogP contribution in [0.2, 0.25) is 0 Å². The Morgan fingerprint density at radius 2 is 1.96 bits per heavy atom. The zero-order valence-corrected chi connectivity index (χ0v) is 15.6. The highest BCUT2D eigenvalue weighted by Crippen LogP contribution is 2.53. The summed E-state index contributed by atoms with van der Waals surface area (Å²) in [6, 6.07) is 0. The molecule has 25 heavy (non-hydrogen) atoms. The molecule has 3 fully saturated rings. The zero-order valence-electron chi connectivity index (χ0n) is 15.6. The molecule has 4 unspecified atom stereocenters. The van der Waals surface area contributed by atoms with Gasteiger partial charge in [-0.25, -0.2) is 0 Å². The van der Waals surface area contributed by atoms with Crippen molar-refractivity contribution >= 4 is 11.8 Å². The number of allylic oxidation sites excluding steroid dienone is 3. The first-order valence-corrected chi connectivity index (χ1v) is 9.77. The van der Waals surface area contributed by atoms with Crippen LogP contribution in [0.4, 0.5) is 0 Å². The lowest BCUT2D eigenvalue weighted by atomic mass is 9.61. The van der Waals surface area contributed by atoms with E-state index >= 15 is 0 Å². The van der Waals surface area contributed by atoms with Crippen molar-refractivity contribution in [3.05, 3.63) is 23.3 Å². The Bertz CT molecular complexity index is 656. The summed E-state index contributed by atoms with van der Waals surface area (Å²) < 4.78 is 5.88. The fraction of sp³-hybridized carbons (Fsp3) is 0.714. The molecular formula is C21H29NO3. The van der Waals surface area contributed by atoms with Gasteiger partial charge in [-0.1, -0.05) is 19.9 Å². The molecule has 4 aliphatic rings. The number of ether oxygens (including phenoxy) is 1. The molecule has 0 amide bonds. The largest absolute Gasteiger partial charge is 0.457 e. The number of esters is 1. The lowest BCUT2D eigenvalue weighted by molar-refractivity contribution is -0.144. The highest BCUT2D eigenvalue weighted by atomic mass is 16.6. The van der Waals surface area contributed by atoms with Crippen LogP contribution in [0.1, 0.15) is 46.5 Å². The van der Waals surface area contributed by atoms with Crippen molar-refractivity contribution in [3.8, 4) is 0 Å². The molecule has 0 aromatic carbocycles. The zero-order chi connectivity index (χ0) is 17.8. The molecule has 2 heterocycles. The smallest absolute Gasteiger partial charge is 0.311 e. The molecule has 0 aromatic rings. The topological polar surface area (TPSA) is 46.6 Å². The maximum atomic E-state index is 12.7. The first-order chi connectivity index (χ1) is 11.9. The number of piperidine rings is 1. The third-order valence-electron chi connectivity index (χ3n) is 7.06. The summed E-state index contributed by atoms with van der Waals surface area (Å²) in [7, 11) is 0. The van der Waals surface area contributed by atoms with Gasteiger partial charge in [0.05, 0.1) is 5.92 Å². The van der Waals surface area contributed by atoms with Crippen LogP contribution in [0, 0.1) is 23.2 Å². The molecule has 0 bridgehead atoms. The molecule has 2 aliphatic carbocycles. The van der Waals surface area contributed by atoms with Crippen LogP contribution in [-0.2, 0) is 14.3 Å². The molecule has 2 saturated heterocycles. The Morgan fingerprint density at radius 1 is 1.24 bits per heavy atom. The van der Waals surface area contributed by atoms with Gasteiger partial charge < -0.3 is 9.64 Å². The first-order valence-electron chi connectivity index (χ1n) is 9.77. The molecule has 0 radical (unpaired) electrons. The van der Waals surface area contributed by atoms with Gasteiger partial charge in [0.1, 0.15) is 6.10 Å². The minimum absolute atomic E-state index is 0.0377. The van der Waals surface area contributed by atoms with Crippen LogP contribution in [-0.4, -0.2) is 42.4 Å². The van der Waals surface area contributed by atoms with Gasteiger partial charge in [-0.2, -0.15) is 0 Å². The molecule has 4 atom stereocenters. The summed E-state index contributed by atoms with van der Waals surface area (Å²) >= 11 is 0. The summed E-state index contributed by atoms with van der Waals surface area (Å²) in [4.78, 5) is 27.3. The second kappa shape index (κ2) is 6.08. The maximum Gasteiger partial charge on any atom is 0.311 e. The van der Waals surface area contributed by atoms with Crippen molar-refractivity contribution < 1.29 is 14.3 Å². The summed E-state index contributed by atoms with van der Waals surface area (Å²) in [5.41, 5.74) is 1.73. The van der Waals surface area contributed by atoms with E-state index in [9.17, 15) is 9.59 Å². The molecule has 4 rings (SSSR count). The number of hydrogen-bond acceptors (Lipinski definition) is 4. The van der Waals surface area contributed by atoms with Crippen LogP contribution in [0.15, 0.2) is 23.3 Å². The van der Waals surface area contributed by atoms with E-state index in [1.54, 1.807) is 6.08 Å². The standard InChI is InChI=1S/C21H29NO3/c1-13-6-10-22(11-7-13)12-16-15-4-8-21(3)9-5-17(23)14(2)18(21)19(15)25-20(16)24/h5,9,13,15-16,19H,4,6-8,10-12H2,1-3H3. The Kier molecular flexibility index (Phi) is 4.14. The molecule has 136 valence electrons. The lowest BCUT2D eigenvalue weighted by Crippen LogP contribution is -2.43. The molecular weight excluding hydrogens is 314 g/mol. The Labute approximate surface area is 150 Å². The maximum absolute atomic E-state index is 12.7. The molecule has 1 saturated carbocycles. The lowest BCUT2D eigenvalue weighted by Gasteiger charge is -2.43. The van der Waals surface area contributed by atoms with Gasteiger partial charge in [0, 0.05) is 23.5 Å². The van der Waals surface area contributed by atoms with E-state index in [4.69, 9.17) is 4.74 Å². The number of carbonyl (C=O) groups excluding carboxylic acids is 2. The highest BCUT2D eigenvalue weighted by Gasteiger charge is 2.54. The minimum atomic E-state index is -0.200. The van der Waals surface area contributed by atoms with Crippen LogP contribution >= 0.6 is 0 Å². The Hall–Kier alpha value is -1.42. The number of rotatable bonds is 2. The van der Waals surface area contributed by atoms with Crippen molar-refractivity contribution in [2.45, 2.75) is 52.6 Å². The minimum Gasteiger partial charge on any atom is -0.457 e. The summed E-state index contributed by atoms with van der Waals surface area (Å²) in [5, 5.41) is 0. The first kappa shape index (κ1) is 17.0. The molecule has 4 heteroatoms. The second-order valence-electron chi connectivity index (χ2n) is 8.80. The van der Waals surface area contributed by atoms with Crippen molar-refractivity contribution in [2.24, 2.45) is 23.2 Å². The monoisotopic (exact) mass is 343 g/mol. The van der Waals surface area contributed by atoms with Gasteiger partial charge in [-0.05, 0) is 63.3 Å². The molecule has 0 spiro atoms. The van der Waals surface area contributed by atoms with Gasteiger partial charge in [0.2, 0.25) is 0 Å². The van der Waals surface area contributed by atoms with Crippen LogP contribution in [0.25, 0.3) is 0 Å². The third-order valence-corrected chi connectivity index (χ3v) is 7.06. The van der Waals surface area contributed by atoms with E-state index in [-0.39, 0.29) is 35.1 Å². The van der Waals surface area contributed by atoms with Gasteiger partial charge in [-0.3, -0.25) is 9.59 Å². The van der Waals surface area contributed by atoms with E-state index in [0.29, 0.717) is 0 Å². The SMILES string of the molecule is CC1=C2C3OC(=O)C(CN4CCC(C)CC4)C3CCC2(C)C=CC1=O. The number of fused-ring (bicyclic) bond motifs is 3. The van der Waals surface area contributed by atoms with Crippen molar-refractivity contribution in [2.75, 3.05) is 19.6 Å². The van der Waals surface area contributed by atoms with E-state index in [2.05, 4.69) is 18.7 Å². The summed E-state index contributed by atoms with van der Waals surface area (Å²) in [5.74, 6) is 0.994. The molecule has 0 N–H and O–H groups in total. The number of ketones is 1. The van der Waals surface area contributed by atoms with Crippen molar-refractivity contribution in [3.63, 3.8) is 0 Å². The van der Waals surface area contributed by atoms with E-state index in [1.807, 2.05) is 13.0 Å². The predicted octanol–water partition coefficient (Wildman–Crippen LogP) is 3.13. The van der Waals surface area contributed by atoms with Crippen molar-refractivity contribution in [1.82, 2.24) is 4.90 Å². The van der Waals surface area contributed by atoms with E-state index in [0.717, 1.165) is 49.5 Å². The predicted molar refractivity (Wildman–Crippen MR) is 95.9 cm³/mol. The van der Waals surface area contributed by atoms with E-state index < -0.39 is 0 Å². The number of carbonyl (C=O) groups is 2. The third kappa shape index (κ3) is 2.79. The number of hydrogen-bond donors (Lipinski definition) is 0. The fourth-order valence-electron chi connectivity index (χ4n) is 5.30. The van der Waals surface area contributed by atoms with Crippen LogP contribution in [0.5, 0.6) is 0 Å². The Balaban J connectivity index is 1.56. The van der Waals surface area contributed by atoms with Gasteiger partial charge in [0.15, 0.2) is 5.78 Å². The summed E-state index contributed by atoms with van der Waals surface area (Å²) in [6.07, 6.45) is 7.96. The second-order valence-corrected chi connectivity index (χ2v) is 8.80. The van der Waals surface area contributed by atoms with E-state index in [1.165, 1.54) is 12.8 Å². The highest BCUT2D eigenvalue weighted by molar-refractivity contribution is 6.05. The van der Waals surface area contributed by atoms with Crippen molar-refractivity contribution in [1.29, 1.82) is 0 Å². The van der Waals surface area contributed by atoms with Gasteiger partial charge >= 0.3 is 5.97 Å². The van der Waals surface area contributed by atoms with Gasteiger partial charge in [0.25, 0.3) is 0 Å².